The molecule has 6 heteroatoms. The maximum Gasteiger partial charge on any atom is 0.255 e. The van der Waals surface area contributed by atoms with Crippen LogP contribution in [0.4, 0.5) is 5.69 Å². The number of para-hydroxylation sites is 1. The number of nitrogens with one attached hydrogen (secondary N) is 2. The molecule has 0 aliphatic carbocycles. The van der Waals surface area contributed by atoms with E-state index in [1.807, 2.05) is 13.0 Å². The standard InChI is InChI=1S/C18H22N4O2/c1-13-5-4-6-15(18(24)21-10-3-2-9-19)16(13)22-17(23)14-7-11-20-12-8-14/h4-8,11-12H,2-3,9-10,19H2,1H3,(H,21,24)(H,22,23). The van der Waals surface area contributed by atoms with Crippen molar-refractivity contribution in [3.8, 4) is 0 Å². The zero-order valence-corrected chi connectivity index (χ0v) is 13.7. The number of carbonyl (C=O) groups is 2. The second-order valence-electron chi connectivity index (χ2n) is 5.44. The van der Waals surface area contributed by atoms with Gasteiger partial charge in [-0.25, -0.2) is 0 Å². The molecular formula is C18H22N4O2. The summed E-state index contributed by atoms with van der Waals surface area (Å²) >= 11 is 0. The molecule has 6 nitrogen and oxygen atoms in total. The van der Waals surface area contributed by atoms with Crippen LogP contribution in [0.5, 0.6) is 0 Å². The molecule has 2 rings (SSSR count). The number of pyridine rings is 1. The number of benzene rings is 1. The van der Waals surface area contributed by atoms with E-state index in [9.17, 15) is 9.59 Å². The Morgan fingerprint density at radius 2 is 1.83 bits per heavy atom. The largest absolute Gasteiger partial charge is 0.352 e. The summed E-state index contributed by atoms with van der Waals surface area (Å²) in [5.41, 5.74) is 7.73. The molecular weight excluding hydrogens is 304 g/mol. The van der Waals surface area contributed by atoms with Crippen molar-refractivity contribution in [1.29, 1.82) is 0 Å². The molecule has 0 unspecified atom stereocenters. The summed E-state index contributed by atoms with van der Waals surface area (Å²) < 4.78 is 0. The van der Waals surface area contributed by atoms with Crippen molar-refractivity contribution >= 4 is 17.5 Å². The van der Waals surface area contributed by atoms with Crippen LogP contribution in [0.1, 0.15) is 39.1 Å². The molecule has 4 N–H and O–H groups in total. The van der Waals surface area contributed by atoms with Crippen molar-refractivity contribution in [3.05, 3.63) is 59.4 Å². The molecule has 0 atom stereocenters. The Bertz CT molecular complexity index is 701. The van der Waals surface area contributed by atoms with Gasteiger partial charge in [0.1, 0.15) is 0 Å². The van der Waals surface area contributed by atoms with Crippen molar-refractivity contribution < 1.29 is 9.59 Å². The van der Waals surface area contributed by atoms with E-state index in [-0.39, 0.29) is 11.8 Å². The molecule has 0 saturated carbocycles. The number of hydrogen-bond donors (Lipinski definition) is 3. The van der Waals surface area contributed by atoms with Crippen molar-refractivity contribution in [1.82, 2.24) is 10.3 Å². The molecule has 2 aromatic rings. The molecule has 126 valence electrons. The highest BCUT2D eigenvalue weighted by molar-refractivity contribution is 6.09. The van der Waals surface area contributed by atoms with Crippen LogP contribution in [0.3, 0.4) is 0 Å². The predicted molar refractivity (Wildman–Crippen MR) is 94.0 cm³/mol. The lowest BCUT2D eigenvalue weighted by Gasteiger charge is -2.14. The fraction of sp³-hybridized carbons (Fsp3) is 0.278. The lowest BCUT2D eigenvalue weighted by atomic mass is 10.1. The molecule has 0 aliphatic rings. The van der Waals surface area contributed by atoms with Crippen LogP contribution in [-0.2, 0) is 0 Å². The van der Waals surface area contributed by atoms with Gasteiger partial charge in [-0.3, -0.25) is 14.6 Å². The minimum absolute atomic E-state index is 0.208. The second kappa shape index (κ2) is 8.79. The van der Waals surface area contributed by atoms with Gasteiger partial charge in [0.05, 0.1) is 11.3 Å². The van der Waals surface area contributed by atoms with Crippen LogP contribution in [0.15, 0.2) is 42.7 Å². The average molecular weight is 326 g/mol. The number of nitrogens with zero attached hydrogens (tertiary/aromatic N) is 1. The van der Waals surface area contributed by atoms with E-state index in [1.165, 1.54) is 0 Å². The summed E-state index contributed by atoms with van der Waals surface area (Å²) in [5, 5.41) is 5.69. The molecule has 0 aliphatic heterocycles. The lowest BCUT2D eigenvalue weighted by Crippen LogP contribution is -2.27. The number of amides is 2. The Labute approximate surface area is 141 Å². The lowest BCUT2D eigenvalue weighted by molar-refractivity contribution is 0.0954. The minimum Gasteiger partial charge on any atom is -0.352 e. The van der Waals surface area contributed by atoms with Crippen LogP contribution in [0, 0.1) is 6.92 Å². The number of unbranched alkanes of at least 4 members (excludes halogenated alkanes) is 1. The number of hydrogen-bond acceptors (Lipinski definition) is 4. The Morgan fingerprint density at radius 3 is 2.54 bits per heavy atom. The van der Waals surface area contributed by atoms with Gasteiger partial charge >= 0.3 is 0 Å². The molecule has 0 bridgehead atoms. The highest BCUT2D eigenvalue weighted by Gasteiger charge is 2.16. The number of anilines is 1. The smallest absolute Gasteiger partial charge is 0.255 e. The third-order valence-corrected chi connectivity index (χ3v) is 3.61. The van der Waals surface area contributed by atoms with Gasteiger partial charge in [0, 0.05) is 24.5 Å². The number of rotatable bonds is 7. The van der Waals surface area contributed by atoms with Crippen molar-refractivity contribution in [2.24, 2.45) is 5.73 Å². The molecule has 1 aromatic heterocycles. The Hall–Kier alpha value is -2.73. The van der Waals surface area contributed by atoms with Gasteiger partial charge in [-0.05, 0) is 50.1 Å². The van der Waals surface area contributed by atoms with Crippen LogP contribution in [0.2, 0.25) is 0 Å². The summed E-state index contributed by atoms with van der Waals surface area (Å²) in [6.45, 7) is 3.02. The summed E-state index contributed by atoms with van der Waals surface area (Å²) in [6, 6.07) is 8.60. The van der Waals surface area contributed by atoms with Gasteiger partial charge in [-0.1, -0.05) is 12.1 Å². The molecule has 2 amide bonds. The maximum absolute atomic E-state index is 12.4. The highest BCUT2D eigenvalue weighted by atomic mass is 16.2. The van der Waals surface area contributed by atoms with E-state index in [1.54, 1.807) is 36.7 Å². The van der Waals surface area contributed by atoms with Crippen molar-refractivity contribution in [3.63, 3.8) is 0 Å². The first-order chi connectivity index (χ1) is 11.6. The number of carbonyl (C=O) groups excluding carboxylic acids is 2. The van der Waals surface area contributed by atoms with Crippen LogP contribution in [-0.4, -0.2) is 29.9 Å². The zero-order valence-electron chi connectivity index (χ0n) is 13.7. The molecule has 0 fully saturated rings. The van der Waals surface area contributed by atoms with Crippen molar-refractivity contribution in [2.75, 3.05) is 18.4 Å². The van der Waals surface area contributed by atoms with E-state index < -0.39 is 0 Å². The topological polar surface area (TPSA) is 97.1 Å². The van der Waals surface area contributed by atoms with E-state index in [2.05, 4.69) is 15.6 Å². The van der Waals surface area contributed by atoms with E-state index in [0.29, 0.717) is 29.9 Å². The first-order valence-corrected chi connectivity index (χ1v) is 7.92. The summed E-state index contributed by atoms with van der Waals surface area (Å²) in [6.07, 6.45) is 4.79. The molecule has 1 aromatic carbocycles. The Balaban J connectivity index is 2.14. The quantitative estimate of drug-likeness (QED) is 0.679. The van der Waals surface area contributed by atoms with Gasteiger partial charge in [0.15, 0.2) is 0 Å². The van der Waals surface area contributed by atoms with E-state index >= 15 is 0 Å². The number of aryl methyl sites for hydroxylation is 1. The van der Waals surface area contributed by atoms with Gasteiger partial charge in [-0.15, -0.1) is 0 Å². The van der Waals surface area contributed by atoms with Crippen molar-refractivity contribution in [2.45, 2.75) is 19.8 Å². The second-order valence-corrected chi connectivity index (χ2v) is 5.44. The Morgan fingerprint density at radius 1 is 1.08 bits per heavy atom. The molecule has 0 saturated heterocycles. The van der Waals surface area contributed by atoms with Gasteiger partial charge in [0.2, 0.25) is 0 Å². The van der Waals surface area contributed by atoms with Crippen LogP contribution in [0.25, 0.3) is 0 Å². The fourth-order valence-corrected chi connectivity index (χ4v) is 2.28. The highest BCUT2D eigenvalue weighted by Crippen LogP contribution is 2.21. The normalized spacial score (nSPS) is 10.2. The maximum atomic E-state index is 12.4. The SMILES string of the molecule is Cc1cccc(C(=O)NCCCCN)c1NC(=O)c1ccncc1. The third kappa shape index (κ3) is 4.63. The van der Waals surface area contributed by atoms with Gasteiger partial charge < -0.3 is 16.4 Å². The summed E-state index contributed by atoms with van der Waals surface area (Å²) in [5.74, 6) is -0.482. The van der Waals surface area contributed by atoms with Crippen LogP contribution >= 0.6 is 0 Å². The van der Waals surface area contributed by atoms with E-state index in [0.717, 1.165) is 18.4 Å². The predicted octanol–water partition coefficient (Wildman–Crippen LogP) is 2.11. The third-order valence-electron chi connectivity index (χ3n) is 3.61. The monoisotopic (exact) mass is 326 g/mol. The van der Waals surface area contributed by atoms with Gasteiger partial charge in [0.25, 0.3) is 11.8 Å². The average Bonchev–Trinajstić information content (AvgIpc) is 2.61. The number of nitrogens with two attached hydrogens (primary N) is 1. The molecule has 1 heterocycles. The molecule has 0 radical (unpaired) electrons. The first kappa shape index (κ1) is 17.6. The van der Waals surface area contributed by atoms with Crippen LogP contribution < -0.4 is 16.4 Å². The zero-order chi connectivity index (χ0) is 17.4. The van der Waals surface area contributed by atoms with E-state index in [4.69, 9.17) is 5.73 Å². The molecule has 0 spiro atoms. The molecule has 24 heavy (non-hydrogen) atoms. The fourth-order valence-electron chi connectivity index (χ4n) is 2.28. The minimum atomic E-state index is -0.274. The summed E-state index contributed by atoms with van der Waals surface area (Å²) in [7, 11) is 0. The Kier molecular flexibility index (Phi) is 6.45. The number of aromatic nitrogens is 1. The summed E-state index contributed by atoms with van der Waals surface area (Å²) in [4.78, 5) is 28.6. The van der Waals surface area contributed by atoms with Gasteiger partial charge in [-0.2, -0.15) is 0 Å². The first-order valence-electron chi connectivity index (χ1n) is 7.92.